The summed E-state index contributed by atoms with van der Waals surface area (Å²) in [6.07, 6.45) is 2.80. The number of ether oxygens (including phenoxy) is 2. The van der Waals surface area contributed by atoms with Gasteiger partial charge in [0.1, 0.15) is 0 Å². The zero-order valence-electron chi connectivity index (χ0n) is 5.50. The van der Waals surface area contributed by atoms with E-state index in [0.717, 1.165) is 18.6 Å². The van der Waals surface area contributed by atoms with E-state index in [1.54, 1.807) is 0 Å². The SMILES string of the molecule is O=C1OCC/C1=C\[C@@H]1CO1. The van der Waals surface area contributed by atoms with E-state index in [0.29, 0.717) is 6.61 Å². The van der Waals surface area contributed by atoms with Crippen molar-refractivity contribution in [1.29, 1.82) is 0 Å². The second-order valence-electron chi connectivity index (χ2n) is 2.45. The number of hydrogen-bond acceptors (Lipinski definition) is 3. The van der Waals surface area contributed by atoms with Gasteiger partial charge in [0, 0.05) is 12.0 Å². The highest BCUT2D eigenvalue weighted by atomic mass is 16.6. The summed E-state index contributed by atoms with van der Waals surface area (Å²) in [5.41, 5.74) is 0.780. The Morgan fingerprint density at radius 1 is 1.60 bits per heavy atom. The van der Waals surface area contributed by atoms with Gasteiger partial charge in [-0.1, -0.05) is 0 Å². The lowest BCUT2D eigenvalue weighted by molar-refractivity contribution is -0.135. The molecule has 2 saturated heterocycles. The quantitative estimate of drug-likeness (QED) is 0.298. The van der Waals surface area contributed by atoms with Gasteiger partial charge in [0.25, 0.3) is 0 Å². The van der Waals surface area contributed by atoms with Crippen LogP contribution in [-0.4, -0.2) is 25.3 Å². The standard InChI is InChI=1S/C7H8O3/c8-7-5(1-2-9-7)3-6-4-10-6/h3,6H,1-2,4H2/b5-3+/t6-/m1/s1. The van der Waals surface area contributed by atoms with E-state index < -0.39 is 0 Å². The number of epoxide rings is 1. The van der Waals surface area contributed by atoms with E-state index in [1.165, 1.54) is 0 Å². The predicted octanol–water partition coefficient (Wildman–Crippen LogP) is 0.258. The maximum atomic E-state index is 10.8. The molecule has 2 heterocycles. The molecule has 3 nitrogen and oxygen atoms in total. The molecule has 2 fully saturated rings. The summed E-state index contributed by atoms with van der Waals surface area (Å²) in [6, 6.07) is 0. The van der Waals surface area contributed by atoms with Gasteiger partial charge in [-0.15, -0.1) is 0 Å². The first-order valence-electron chi connectivity index (χ1n) is 3.36. The maximum Gasteiger partial charge on any atom is 0.333 e. The average molecular weight is 140 g/mol. The first kappa shape index (κ1) is 5.92. The average Bonchev–Trinajstić information content (AvgIpc) is 2.62. The largest absolute Gasteiger partial charge is 0.462 e. The van der Waals surface area contributed by atoms with Gasteiger partial charge in [0.15, 0.2) is 0 Å². The number of rotatable bonds is 1. The minimum atomic E-state index is -0.171. The molecule has 0 aromatic rings. The van der Waals surface area contributed by atoms with Gasteiger partial charge >= 0.3 is 5.97 Å². The lowest BCUT2D eigenvalue weighted by Gasteiger charge is -1.86. The monoisotopic (exact) mass is 140 g/mol. The molecule has 0 radical (unpaired) electrons. The molecule has 10 heavy (non-hydrogen) atoms. The Hall–Kier alpha value is -0.830. The summed E-state index contributed by atoms with van der Waals surface area (Å²) < 4.78 is 9.67. The number of cyclic esters (lactones) is 1. The molecule has 0 aromatic heterocycles. The highest BCUT2D eigenvalue weighted by Gasteiger charge is 2.25. The molecule has 0 aromatic carbocycles. The Morgan fingerprint density at radius 2 is 2.40 bits per heavy atom. The lowest BCUT2D eigenvalue weighted by Crippen LogP contribution is -1.95. The van der Waals surface area contributed by atoms with Crippen LogP contribution in [0.1, 0.15) is 6.42 Å². The molecular weight excluding hydrogens is 132 g/mol. The Morgan fingerprint density at radius 3 is 2.90 bits per heavy atom. The van der Waals surface area contributed by atoms with E-state index >= 15 is 0 Å². The van der Waals surface area contributed by atoms with Gasteiger partial charge in [-0.25, -0.2) is 4.79 Å². The van der Waals surface area contributed by atoms with Gasteiger partial charge in [-0.3, -0.25) is 0 Å². The van der Waals surface area contributed by atoms with Crippen molar-refractivity contribution in [3.8, 4) is 0 Å². The van der Waals surface area contributed by atoms with Crippen molar-refractivity contribution in [2.24, 2.45) is 0 Å². The number of carbonyl (C=O) groups excluding carboxylic acids is 1. The zero-order valence-corrected chi connectivity index (χ0v) is 5.50. The first-order valence-corrected chi connectivity index (χ1v) is 3.36. The van der Waals surface area contributed by atoms with Crippen molar-refractivity contribution >= 4 is 5.97 Å². The highest BCUT2D eigenvalue weighted by molar-refractivity contribution is 5.90. The zero-order chi connectivity index (χ0) is 6.97. The summed E-state index contributed by atoms with van der Waals surface area (Å²) >= 11 is 0. The number of esters is 1. The summed E-state index contributed by atoms with van der Waals surface area (Å²) in [7, 11) is 0. The molecule has 2 aliphatic rings. The van der Waals surface area contributed by atoms with Crippen LogP contribution in [0.4, 0.5) is 0 Å². The molecule has 0 N–H and O–H groups in total. The minimum absolute atomic E-state index is 0.171. The van der Waals surface area contributed by atoms with Crippen molar-refractivity contribution in [3.63, 3.8) is 0 Å². The normalized spacial score (nSPS) is 34.6. The van der Waals surface area contributed by atoms with E-state index in [9.17, 15) is 4.79 Å². The molecule has 0 bridgehead atoms. The molecule has 0 amide bonds. The van der Waals surface area contributed by atoms with Crippen LogP contribution in [0, 0.1) is 0 Å². The summed E-state index contributed by atoms with van der Waals surface area (Å²) in [6.45, 7) is 1.30. The van der Waals surface area contributed by atoms with Crippen LogP contribution in [-0.2, 0) is 14.3 Å². The topological polar surface area (TPSA) is 38.8 Å². The fraction of sp³-hybridized carbons (Fsp3) is 0.571. The number of hydrogen-bond donors (Lipinski definition) is 0. The van der Waals surface area contributed by atoms with Crippen LogP contribution in [0.5, 0.6) is 0 Å². The summed E-state index contributed by atoms with van der Waals surface area (Å²) in [5.74, 6) is -0.171. The second-order valence-corrected chi connectivity index (χ2v) is 2.45. The van der Waals surface area contributed by atoms with E-state index in [4.69, 9.17) is 9.47 Å². The fourth-order valence-corrected chi connectivity index (χ4v) is 0.976. The fourth-order valence-electron chi connectivity index (χ4n) is 0.976. The Labute approximate surface area is 58.6 Å². The molecule has 2 aliphatic heterocycles. The molecule has 54 valence electrons. The molecule has 0 saturated carbocycles. The Kier molecular flexibility index (Phi) is 1.24. The maximum absolute atomic E-state index is 10.8. The molecule has 0 aliphatic carbocycles. The van der Waals surface area contributed by atoms with Gasteiger partial charge in [0.2, 0.25) is 0 Å². The lowest BCUT2D eigenvalue weighted by atomic mass is 10.2. The van der Waals surface area contributed by atoms with Crippen LogP contribution in [0.25, 0.3) is 0 Å². The van der Waals surface area contributed by atoms with Crippen LogP contribution >= 0.6 is 0 Å². The van der Waals surface area contributed by atoms with E-state index in [-0.39, 0.29) is 12.1 Å². The number of carbonyl (C=O) groups is 1. The Bertz CT molecular complexity index is 191. The van der Waals surface area contributed by atoms with Crippen molar-refractivity contribution in [1.82, 2.24) is 0 Å². The van der Waals surface area contributed by atoms with E-state index in [1.807, 2.05) is 6.08 Å². The van der Waals surface area contributed by atoms with Crippen LogP contribution < -0.4 is 0 Å². The molecule has 1 atom stereocenters. The molecule has 0 unspecified atom stereocenters. The van der Waals surface area contributed by atoms with Gasteiger partial charge < -0.3 is 9.47 Å². The molecule has 3 heteroatoms. The predicted molar refractivity (Wildman–Crippen MR) is 33.4 cm³/mol. The third kappa shape index (κ3) is 1.04. The molecular formula is C7H8O3. The molecule has 2 rings (SSSR count). The van der Waals surface area contributed by atoms with Crippen molar-refractivity contribution in [2.45, 2.75) is 12.5 Å². The minimum Gasteiger partial charge on any atom is -0.462 e. The van der Waals surface area contributed by atoms with E-state index in [2.05, 4.69) is 0 Å². The van der Waals surface area contributed by atoms with Gasteiger partial charge in [0.05, 0.1) is 19.3 Å². The van der Waals surface area contributed by atoms with Crippen LogP contribution in [0.15, 0.2) is 11.6 Å². The van der Waals surface area contributed by atoms with Crippen molar-refractivity contribution in [3.05, 3.63) is 11.6 Å². The van der Waals surface area contributed by atoms with Crippen molar-refractivity contribution < 1.29 is 14.3 Å². The summed E-state index contributed by atoms with van der Waals surface area (Å²) in [4.78, 5) is 10.8. The second kappa shape index (κ2) is 2.09. The van der Waals surface area contributed by atoms with Crippen LogP contribution in [0.2, 0.25) is 0 Å². The highest BCUT2D eigenvalue weighted by Crippen LogP contribution is 2.19. The van der Waals surface area contributed by atoms with Gasteiger partial charge in [-0.05, 0) is 6.08 Å². The van der Waals surface area contributed by atoms with Crippen molar-refractivity contribution in [2.75, 3.05) is 13.2 Å². The third-order valence-electron chi connectivity index (χ3n) is 1.61. The Balaban J connectivity index is 2.07. The smallest absolute Gasteiger partial charge is 0.333 e. The summed E-state index contributed by atoms with van der Waals surface area (Å²) in [5, 5.41) is 0. The van der Waals surface area contributed by atoms with Gasteiger partial charge in [-0.2, -0.15) is 0 Å². The first-order chi connectivity index (χ1) is 4.86. The molecule has 0 spiro atoms. The van der Waals surface area contributed by atoms with Crippen LogP contribution in [0.3, 0.4) is 0 Å². The third-order valence-corrected chi connectivity index (χ3v) is 1.61.